The van der Waals surface area contributed by atoms with Gasteiger partial charge in [0.15, 0.2) is 23.0 Å². The molecule has 0 saturated heterocycles. The summed E-state index contributed by atoms with van der Waals surface area (Å²) < 4.78 is 27.6. The summed E-state index contributed by atoms with van der Waals surface area (Å²) in [6.07, 6.45) is 3.75. The highest BCUT2D eigenvalue weighted by Gasteiger charge is 2.31. The molecule has 0 aliphatic carbocycles. The molecule has 2 heterocycles. The van der Waals surface area contributed by atoms with Gasteiger partial charge in [0.2, 0.25) is 12.5 Å². The fourth-order valence-electron chi connectivity index (χ4n) is 3.77. The van der Waals surface area contributed by atoms with E-state index in [0.717, 1.165) is 22.5 Å². The van der Waals surface area contributed by atoms with Crippen LogP contribution in [0.5, 0.6) is 28.7 Å². The molecule has 0 amide bonds. The third-order valence-corrected chi connectivity index (χ3v) is 5.11. The molecule has 4 rings (SSSR count). The second kappa shape index (κ2) is 7.60. The zero-order valence-electron chi connectivity index (χ0n) is 16.6. The predicted octanol–water partition coefficient (Wildman–Crippen LogP) is 3.52. The molecule has 1 unspecified atom stereocenters. The van der Waals surface area contributed by atoms with Crippen molar-refractivity contribution in [1.29, 1.82) is 0 Å². The van der Waals surface area contributed by atoms with E-state index in [-0.39, 0.29) is 19.4 Å². The van der Waals surface area contributed by atoms with Crippen LogP contribution in [0.1, 0.15) is 5.56 Å². The number of ether oxygens (including phenoxy) is 5. The number of aliphatic hydroxyl groups is 1. The lowest BCUT2D eigenvalue weighted by Crippen LogP contribution is -2.35. The van der Waals surface area contributed by atoms with Gasteiger partial charge >= 0.3 is 0 Å². The third-order valence-electron chi connectivity index (χ3n) is 5.11. The number of benzene rings is 2. The maximum Gasteiger partial charge on any atom is 0.231 e. The van der Waals surface area contributed by atoms with Crippen molar-refractivity contribution in [2.24, 2.45) is 0 Å². The number of nitrogens with zero attached hydrogens (tertiary/aromatic N) is 1. The number of fused-ring (bicyclic) bond motifs is 2. The van der Waals surface area contributed by atoms with E-state index in [0.29, 0.717) is 28.7 Å². The topological polar surface area (TPSA) is 69.6 Å². The van der Waals surface area contributed by atoms with Gasteiger partial charge in [-0.15, -0.1) is 6.58 Å². The van der Waals surface area contributed by atoms with Crippen LogP contribution in [0, 0.1) is 0 Å². The van der Waals surface area contributed by atoms with Gasteiger partial charge in [-0.05, 0) is 17.7 Å². The average Bonchev–Trinajstić information content (AvgIpc) is 3.22. The predicted molar refractivity (Wildman–Crippen MR) is 110 cm³/mol. The molecule has 7 nitrogen and oxygen atoms in total. The van der Waals surface area contributed by atoms with Gasteiger partial charge in [-0.1, -0.05) is 6.08 Å². The van der Waals surface area contributed by atoms with Gasteiger partial charge in [0.05, 0.1) is 39.7 Å². The molecular formula is C22H23NO6. The maximum absolute atomic E-state index is 9.99. The molecule has 0 spiro atoms. The first-order valence-electron chi connectivity index (χ1n) is 9.11. The SMILES string of the molecule is C=CC1C(CO)=Cc2cc3c(cc2N1c1cc(OC)c(OC)c(OC)c1)OCO3. The van der Waals surface area contributed by atoms with Crippen LogP contribution in [0.2, 0.25) is 0 Å². The standard InChI is InChI=1S/C22H23NO6/c1-5-16-14(11-24)6-13-7-18-19(29-12-28-18)10-17(13)23(16)15-8-20(25-2)22(27-4)21(9-15)26-3/h5-10,16,24H,1,11-12H2,2-4H3. The Kier molecular flexibility index (Phi) is 4.98. The fraction of sp³-hybridized carbons (Fsp3) is 0.273. The molecule has 0 bridgehead atoms. The van der Waals surface area contributed by atoms with E-state index in [1.165, 1.54) is 0 Å². The lowest BCUT2D eigenvalue weighted by molar-refractivity contribution is 0.174. The quantitative estimate of drug-likeness (QED) is 0.748. The van der Waals surface area contributed by atoms with E-state index < -0.39 is 0 Å². The van der Waals surface area contributed by atoms with Crippen LogP contribution >= 0.6 is 0 Å². The Labute approximate surface area is 169 Å². The molecule has 0 saturated carbocycles. The van der Waals surface area contributed by atoms with Crippen LogP contribution in [0.3, 0.4) is 0 Å². The number of rotatable bonds is 6. The third kappa shape index (κ3) is 3.03. The minimum absolute atomic E-state index is 0.106. The van der Waals surface area contributed by atoms with Crippen LogP contribution in [-0.4, -0.2) is 45.9 Å². The van der Waals surface area contributed by atoms with E-state index in [2.05, 4.69) is 11.5 Å². The lowest BCUT2D eigenvalue weighted by Gasteiger charge is -2.38. The van der Waals surface area contributed by atoms with Crippen LogP contribution in [0.15, 0.2) is 42.5 Å². The molecule has 2 aliphatic rings. The molecule has 2 aromatic rings. The summed E-state index contributed by atoms with van der Waals surface area (Å²) in [5.41, 5.74) is 3.40. The minimum Gasteiger partial charge on any atom is -0.493 e. The van der Waals surface area contributed by atoms with Crippen molar-refractivity contribution < 1.29 is 28.8 Å². The van der Waals surface area contributed by atoms with E-state index in [9.17, 15) is 5.11 Å². The normalized spacial score (nSPS) is 16.8. The van der Waals surface area contributed by atoms with Crippen molar-refractivity contribution in [3.05, 3.63) is 48.1 Å². The van der Waals surface area contributed by atoms with Gasteiger partial charge in [-0.25, -0.2) is 0 Å². The Balaban J connectivity index is 1.95. The zero-order chi connectivity index (χ0) is 20.5. The molecule has 1 N–H and O–H groups in total. The first-order chi connectivity index (χ1) is 14.1. The van der Waals surface area contributed by atoms with Gasteiger partial charge in [-0.3, -0.25) is 0 Å². The molecule has 152 valence electrons. The van der Waals surface area contributed by atoms with Crippen LogP contribution in [-0.2, 0) is 0 Å². The molecule has 7 heteroatoms. The van der Waals surface area contributed by atoms with Gasteiger partial charge in [-0.2, -0.15) is 0 Å². The number of hydrogen-bond donors (Lipinski definition) is 1. The largest absolute Gasteiger partial charge is 0.493 e. The first-order valence-corrected chi connectivity index (χ1v) is 9.11. The van der Waals surface area contributed by atoms with Crippen LogP contribution < -0.4 is 28.6 Å². The highest BCUT2D eigenvalue weighted by Crippen LogP contribution is 2.48. The molecular weight excluding hydrogens is 374 g/mol. The molecule has 0 fully saturated rings. The molecule has 1 atom stereocenters. The maximum atomic E-state index is 9.99. The van der Waals surface area contributed by atoms with Crippen molar-refractivity contribution in [3.8, 4) is 28.7 Å². The van der Waals surface area contributed by atoms with Crippen molar-refractivity contribution in [2.75, 3.05) is 39.6 Å². The van der Waals surface area contributed by atoms with Gasteiger partial charge < -0.3 is 33.7 Å². The Morgan fingerprint density at radius 1 is 1.07 bits per heavy atom. The van der Waals surface area contributed by atoms with Gasteiger partial charge in [0.1, 0.15) is 0 Å². The summed E-state index contributed by atoms with van der Waals surface area (Å²) in [6.45, 7) is 4.06. The van der Waals surface area contributed by atoms with Crippen molar-refractivity contribution in [2.45, 2.75) is 6.04 Å². The summed E-state index contributed by atoms with van der Waals surface area (Å²) in [5, 5.41) is 9.99. The molecule has 2 aromatic carbocycles. The number of methoxy groups -OCH3 is 3. The van der Waals surface area contributed by atoms with E-state index >= 15 is 0 Å². The minimum atomic E-state index is -0.268. The highest BCUT2D eigenvalue weighted by atomic mass is 16.7. The van der Waals surface area contributed by atoms with Crippen molar-refractivity contribution >= 4 is 17.5 Å². The smallest absolute Gasteiger partial charge is 0.231 e. The van der Waals surface area contributed by atoms with Gasteiger partial charge in [0, 0.05) is 29.4 Å². The first kappa shape index (κ1) is 19.0. The number of hydrogen-bond acceptors (Lipinski definition) is 7. The Morgan fingerprint density at radius 2 is 1.72 bits per heavy atom. The van der Waals surface area contributed by atoms with E-state index in [4.69, 9.17) is 23.7 Å². The Morgan fingerprint density at radius 3 is 2.28 bits per heavy atom. The second-order valence-electron chi connectivity index (χ2n) is 6.58. The Bertz CT molecular complexity index is 959. The summed E-state index contributed by atoms with van der Waals surface area (Å²) in [7, 11) is 4.72. The monoisotopic (exact) mass is 397 g/mol. The summed E-state index contributed by atoms with van der Waals surface area (Å²) >= 11 is 0. The fourth-order valence-corrected chi connectivity index (χ4v) is 3.77. The summed E-state index contributed by atoms with van der Waals surface area (Å²) in [4.78, 5) is 2.06. The molecule has 29 heavy (non-hydrogen) atoms. The van der Waals surface area contributed by atoms with Crippen LogP contribution in [0.25, 0.3) is 6.08 Å². The van der Waals surface area contributed by atoms with Crippen molar-refractivity contribution in [1.82, 2.24) is 0 Å². The zero-order valence-corrected chi connectivity index (χ0v) is 16.6. The Hall–Kier alpha value is -3.32. The lowest BCUT2D eigenvalue weighted by atomic mass is 9.94. The molecule has 2 aliphatic heterocycles. The average molecular weight is 397 g/mol. The van der Waals surface area contributed by atoms with Gasteiger partial charge in [0.25, 0.3) is 0 Å². The highest BCUT2D eigenvalue weighted by molar-refractivity contribution is 5.85. The summed E-state index contributed by atoms with van der Waals surface area (Å²) in [5.74, 6) is 2.93. The van der Waals surface area contributed by atoms with E-state index in [1.807, 2.05) is 30.3 Å². The second-order valence-corrected chi connectivity index (χ2v) is 6.58. The summed E-state index contributed by atoms with van der Waals surface area (Å²) in [6, 6.07) is 7.31. The number of aliphatic hydroxyl groups excluding tert-OH is 1. The molecule has 0 aromatic heterocycles. The molecule has 0 radical (unpaired) electrons. The number of anilines is 2. The van der Waals surface area contributed by atoms with Crippen molar-refractivity contribution in [3.63, 3.8) is 0 Å². The van der Waals surface area contributed by atoms with E-state index in [1.54, 1.807) is 27.4 Å². The van der Waals surface area contributed by atoms with Crippen LogP contribution in [0.4, 0.5) is 11.4 Å².